The third-order valence-electron chi connectivity index (χ3n) is 6.53. The zero-order valence-corrected chi connectivity index (χ0v) is 21.3. The van der Waals surface area contributed by atoms with Crippen molar-refractivity contribution < 1.29 is 14.6 Å². The summed E-state index contributed by atoms with van der Waals surface area (Å²) in [6.07, 6.45) is 2.08. The van der Waals surface area contributed by atoms with E-state index >= 15 is 0 Å². The van der Waals surface area contributed by atoms with E-state index in [1.54, 1.807) is 13.2 Å². The molecule has 1 aromatic carbocycles. The number of unbranched alkanes of at least 4 members (excludes halogenated alkanes) is 1. The third-order valence-corrected chi connectivity index (χ3v) is 6.53. The normalized spacial score (nSPS) is 14.4. The number of nitrogens with zero attached hydrogens (tertiary/aromatic N) is 6. The number of nitrogens with one attached hydrogen (secondary N) is 1. The summed E-state index contributed by atoms with van der Waals surface area (Å²) >= 11 is 0. The maximum atomic E-state index is 13.1. The Kier molecular flexibility index (Phi) is 8.21. The van der Waals surface area contributed by atoms with Crippen LogP contribution < -0.4 is 15.8 Å². The van der Waals surface area contributed by atoms with Gasteiger partial charge in [0.25, 0.3) is 5.91 Å². The molecule has 1 aliphatic rings. The Morgan fingerprint density at radius 3 is 2.69 bits per heavy atom. The van der Waals surface area contributed by atoms with E-state index in [2.05, 4.69) is 27.1 Å². The van der Waals surface area contributed by atoms with Gasteiger partial charge in [0, 0.05) is 50.4 Å². The summed E-state index contributed by atoms with van der Waals surface area (Å²) in [6, 6.07) is 5.55. The van der Waals surface area contributed by atoms with E-state index in [4.69, 9.17) is 20.7 Å². The minimum absolute atomic E-state index is 0.0184. The van der Waals surface area contributed by atoms with Gasteiger partial charge in [-0.15, -0.1) is 0 Å². The molecule has 1 amide bonds. The number of anilines is 2. The van der Waals surface area contributed by atoms with Gasteiger partial charge in [0.15, 0.2) is 5.82 Å². The number of β-amino-alcohol motifs (C(OH)–C–C–N with tert-alkyl or cyclic N) is 1. The quantitative estimate of drug-likeness (QED) is 0.359. The lowest BCUT2D eigenvalue weighted by Gasteiger charge is -2.34. The van der Waals surface area contributed by atoms with Gasteiger partial charge in [-0.05, 0) is 25.5 Å². The van der Waals surface area contributed by atoms with E-state index in [1.807, 2.05) is 28.6 Å². The molecule has 0 spiro atoms. The number of ether oxygens (including phenoxy) is 1. The molecule has 0 aliphatic carbocycles. The molecule has 4 N–H and O–H groups in total. The van der Waals surface area contributed by atoms with Crippen LogP contribution >= 0.6 is 0 Å². The summed E-state index contributed by atoms with van der Waals surface area (Å²) in [6.45, 7) is 8.81. The number of carbonyl (C=O) groups excluding carboxylic acids is 1. The molecule has 11 heteroatoms. The number of hydrogen-bond donors (Lipinski definition) is 3. The number of benzene rings is 1. The number of aliphatic hydroxyl groups is 1. The van der Waals surface area contributed by atoms with E-state index in [9.17, 15) is 4.79 Å². The lowest BCUT2D eigenvalue weighted by molar-refractivity contribution is 0.0614. The highest BCUT2D eigenvalue weighted by atomic mass is 16.5. The first kappa shape index (κ1) is 25.6. The molecule has 11 nitrogen and oxygen atoms in total. The first-order valence-corrected chi connectivity index (χ1v) is 12.5. The Labute approximate surface area is 211 Å². The Balaban J connectivity index is 1.57. The summed E-state index contributed by atoms with van der Waals surface area (Å²) in [5, 5.41) is 17.2. The fourth-order valence-electron chi connectivity index (χ4n) is 4.54. The topological polar surface area (TPSA) is 135 Å². The molecule has 0 radical (unpaired) electrons. The van der Waals surface area contributed by atoms with Crippen molar-refractivity contribution in [3.63, 3.8) is 0 Å². The van der Waals surface area contributed by atoms with Crippen LogP contribution in [0, 0.1) is 6.92 Å². The zero-order valence-electron chi connectivity index (χ0n) is 21.3. The predicted molar refractivity (Wildman–Crippen MR) is 139 cm³/mol. The molecule has 3 heterocycles. The Morgan fingerprint density at radius 2 is 2.00 bits per heavy atom. The number of aromatic nitrogens is 4. The van der Waals surface area contributed by atoms with Crippen molar-refractivity contribution in [1.82, 2.24) is 29.5 Å². The molecule has 0 saturated carbocycles. The van der Waals surface area contributed by atoms with Crippen molar-refractivity contribution in [3.8, 4) is 5.75 Å². The van der Waals surface area contributed by atoms with Gasteiger partial charge < -0.3 is 25.8 Å². The fourth-order valence-corrected chi connectivity index (χ4v) is 4.54. The number of carbonyl (C=O) groups is 1. The number of fused-ring (bicyclic) bond motifs is 1. The maximum absolute atomic E-state index is 13.1. The van der Waals surface area contributed by atoms with Gasteiger partial charge in [-0.25, -0.2) is 4.98 Å². The van der Waals surface area contributed by atoms with Gasteiger partial charge in [-0.3, -0.25) is 14.4 Å². The molecule has 0 atom stereocenters. The summed E-state index contributed by atoms with van der Waals surface area (Å²) in [5.41, 5.74) is 9.72. The van der Waals surface area contributed by atoms with Gasteiger partial charge in [0.2, 0.25) is 5.95 Å². The Morgan fingerprint density at radius 1 is 1.22 bits per heavy atom. The van der Waals surface area contributed by atoms with E-state index in [0.29, 0.717) is 48.8 Å². The fraction of sp³-hybridized carbons (Fsp3) is 0.520. The smallest absolute Gasteiger partial charge is 0.254 e. The van der Waals surface area contributed by atoms with Crippen LogP contribution in [0.1, 0.15) is 41.4 Å². The van der Waals surface area contributed by atoms with E-state index in [-0.39, 0.29) is 18.5 Å². The van der Waals surface area contributed by atoms with Crippen LogP contribution in [-0.2, 0) is 6.54 Å². The molecule has 3 aromatic rings. The SMILES string of the molecule is CCCCNc1nc(N)nc2c(C)nn(Cc3ccc(C(=O)N4CCN(CCO)CC4)cc3OC)c12. The molecule has 2 aromatic heterocycles. The van der Waals surface area contributed by atoms with Crippen LogP contribution in [-0.4, -0.2) is 93.5 Å². The summed E-state index contributed by atoms with van der Waals surface area (Å²) in [7, 11) is 1.61. The first-order chi connectivity index (χ1) is 17.4. The van der Waals surface area contributed by atoms with Crippen molar-refractivity contribution in [2.75, 3.05) is 64.0 Å². The van der Waals surface area contributed by atoms with Crippen LogP contribution in [0.2, 0.25) is 0 Å². The highest BCUT2D eigenvalue weighted by Gasteiger charge is 2.23. The highest BCUT2D eigenvalue weighted by molar-refractivity contribution is 5.95. The number of hydrogen-bond acceptors (Lipinski definition) is 9. The van der Waals surface area contributed by atoms with Gasteiger partial charge in [0.1, 0.15) is 16.8 Å². The number of aryl methyl sites for hydroxylation is 1. The van der Waals surface area contributed by atoms with Crippen molar-refractivity contribution in [1.29, 1.82) is 0 Å². The average molecular weight is 497 g/mol. The lowest BCUT2D eigenvalue weighted by atomic mass is 10.1. The summed E-state index contributed by atoms with van der Waals surface area (Å²) in [4.78, 5) is 26.0. The molecular weight excluding hydrogens is 460 g/mol. The number of nitrogen functional groups attached to an aromatic ring is 1. The number of aliphatic hydroxyl groups excluding tert-OH is 1. The van der Waals surface area contributed by atoms with Gasteiger partial charge in [0.05, 0.1) is 26.0 Å². The number of rotatable bonds is 10. The molecule has 0 bridgehead atoms. The van der Waals surface area contributed by atoms with Crippen LogP contribution in [0.5, 0.6) is 5.75 Å². The maximum Gasteiger partial charge on any atom is 0.254 e. The van der Waals surface area contributed by atoms with Crippen LogP contribution in [0.25, 0.3) is 11.0 Å². The van der Waals surface area contributed by atoms with Crippen molar-refractivity contribution in [3.05, 3.63) is 35.0 Å². The summed E-state index contributed by atoms with van der Waals surface area (Å²) < 4.78 is 7.54. The van der Waals surface area contributed by atoms with E-state index in [1.165, 1.54) is 0 Å². The Hall–Kier alpha value is -3.44. The molecule has 36 heavy (non-hydrogen) atoms. The largest absolute Gasteiger partial charge is 0.496 e. The van der Waals surface area contributed by atoms with E-state index < -0.39 is 0 Å². The van der Waals surface area contributed by atoms with Crippen LogP contribution in [0.3, 0.4) is 0 Å². The van der Waals surface area contributed by atoms with E-state index in [0.717, 1.165) is 49.2 Å². The molecular formula is C25H36N8O3. The van der Waals surface area contributed by atoms with Crippen molar-refractivity contribution in [2.24, 2.45) is 0 Å². The highest BCUT2D eigenvalue weighted by Crippen LogP contribution is 2.28. The Bertz CT molecular complexity index is 1200. The van der Waals surface area contributed by atoms with Gasteiger partial charge in [-0.1, -0.05) is 19.4 Å². The minimum atomic E-state index is -0.0184. The molecule has 4 rings (SSSR count). The van der Waals surface area contributed by atoms with Gasteiger partial charge >= 0.3 is 0 Å². The standard InChI is InChI=1S/C25H36N8O3/c1-4-5-8-27-23-22-21(28-25(26)29-23)17(2)30-33(22)16-19-7-6-18(15-20(19)36-3)24(35)32-11-9-31(10-12-32)13-14-34/h6-7,15,34H,4-5,8-14,16H2,1-3H3,(H3,26,27,28,29). The van der Waals surface area contributed by atoms with Crippen molar-refractivity contribution >= 4 is 28.7 Å². The number of piperazine rings is 1. The average Bonchev–Trinajstić information content (AvgIpc) is 3.19. The second kappa shape index (κ2) is 11.5. The van der Waals surface area contributed by atoms with Gasteiger partial charge in [-0.2, -0.15) is 10.1 Å². The van der Waals surface area contributed by atoms with Crippen molar-refractivity contribution in [2.45, 2.75) is 33.2 Å². The molecule has 194 valence electrons. The number of methoxy groups -OCH3 is 1. The number of amides is 1. The third kappa shape index (κ3) is 5.52. The number of nitrogens with two attached hydrogens (primary N) is 1. The minimum Gasteiger partial charge on any atom is -0.496 e. The lowest BCUT2D eigenvalue weighted by Crippen LogP contribution is -2.49. The molecule has 0 unspecified atom stereocenters. The van der Waals surface area contributed by atoms with Crippen LogP contribution in [0.15, 0.2) is 18.2 Å². The molecule has 1 saturated heterocycles. The zero-order chi connectivity index (χ0) is 25.7. The summed E-state index contributed by atoms with van der Waals surface area (Å²) in [5.74, 6) is 1.48. The monoisotopic (exact) mass is 496 g/mol. The molecule has 1 aliphatic heterocycles. The van der Waals surface area contributed by atoms with Crippen LogP contribution in [0.4, 0.5) is 11.8 Å². The molecule has 1 fully saturated rings. The second-order valence-corrected chi connectivity index (χ2v) is 9.04. The first-order valence-electron chi connectivity index (χ1n) is 12.5. The predicted octanol–water partition coefficient (Wildman–Crippen LogP) is 1.74. The second-order valence-electron chi connectivity index (χ2n) is 9.04.